The highest BCUT2D eigenvalue weighted by molar-refractivity contribution is 7.15. The molecule has 4 nitrogen and oxygen atoms in total. The normalized spacial score (nSPS) is 32.2. The smallest absolute Gasteiger partial charge is 0.250 e. The summed E-state index contributed by atoms with van der Waals surface area (Å²) in [6.07, 6.45) is 11.5. The maximum atomic E-state index is 12.2. The highest BCUT2D eigenvalue weighted by atomic mass is 32.1. The molecule has 4 aliphatic carbocycles. The molecule has 0 aliphatic heterocycles. The van der Waals surface area contributed by atoms with Gasteiger partial charge in [0.1, 0.15) is 5.01 Å². The minimum Gasteiger partial charge on any atom is -0.297 e. The molecular weight excluding hydrogens is 342 g/mol. The Morgan fingerprint density at radius 2 is 1.69 bits per heavy atom. The molecule has 0 radical (unpaired) electrons. The lowest BCUT2D eigenvalue weighted by Crippen LogP contribution is -2.48. The molecule has 4 aliphatic rings. The first-order chi connectivity index (χ1) is 12.7. The Morgan fingerprint density at radius 1 is 1.04 bits per heavy atom. The van der Waals surface area contributed by atoms with Crippen LogP contribution in [0.3, 0.4) is 0 Å². The zero-order valence-electron chi connectivity index (χ0n) is 14.7. The molecule has 1 amide bonds. The zero-order chi connectivity index (χ0) is 17.6. The van der Waals surface area contributed by atoms with E-state index < -0.39 is 0 Å². The van der Waals surface area contributed by atoms with Gasteiger partial charge in [0.15, 0.2) is 0 Å². The number of nitrogens with zero attached hydrogens (tertiary/aromatic N) is 2. The van der Waals surface area contributed by atoms with Crippen molar-refractivity contribution >= 4 is 28.5 Å². The van der Waals surface area contributed by atoms with Crippen LogP contribution in [0, 0.1) is 17.8 Å². The van der Waals surface area contributed by atoms with E-state index in [1.807, 2.05) is 36.4 Å². The monoisotopic (exact) mass is 365 g/mol. The number of benzene rings is 1. The predicted octanol–water partition coefficient (Wildman–Crippen LogP) is 4.66. The largest absolute Gasteiger partial charge is 0.297 e. The van der Waals surface area contributed by atoms with Gasteiger partial charge in [-0.2, -0.15) is 0 Å². The number of anilines is 1. The van der Waals surface area contributed by atoms with Crippen LogP contribution in [0.4, 0.5) is 5.13 Å². The Hall–Kier alpha value is -2.01. The summed E-state index contributed by atoms with van der Waals surface area (Å²) in [7, 11) is 0. The van der Waals surface area contributed by atoms with Crippen LogP contribution in [0.5, 0.6) is 0 Å². The molecule has 4 fully saturated rings. The third-order valence-electron chi connectivity index (χ3n) is 6.37. The second kappa shape index (κ2) is 6.31. The predicted molar refractivity (Wildman–Crippen MR) is 104 cm³/mol. The molecule has 0 unspecified atom stereocenters. The molecule has 1 aromatic heterocycles. The number of amides is 1. The van der Waals surface area contributed by atoms with Gasteiger partial charge in [-0.3, -0.25) is 10.1 Å². The molecule has 2 aromatic rings. The molecule has 1 aromatic carbocycles. The van der Waals surface area contributed by atoms with Crippen LogP contribution < -0.4 is 5.32 Å². The Bertz CT molecular complexity index is 807. The molecule has 26 heavy (non-hydrogen) atoms. The van der Waals surface area contributed by atoms with Gasteiger partial charge in [-0.15, -0.1) is 10.2 Å². The van der Waals surface area contributed by atoms with Crippen molar-refractivity contribution < 1.29 is 4.79 Å². The first-order valence-corrected chi connectivity index (χ1v) is 10.4. The van der Waals surface area contributed by atoms with Crippen molar-refractivity contribution in [2.24, 2.45) is 17.8 Å². The van der Waals surface area contributed by atoms with E-state index in [0.29, 0.717) is 5.13 Å². The third-order valence-corrected chi connectivity index (χ3v) is 7.46. The Balaban J connectivity index is 1.29. The highest BCUT2D eigenvalue weighted by Gasteiger charge is 2.53. The molecule has 0 spiro atoms. The number of rotatable bonds is 4. The van der Waals surface area contributed by atoms with Crippen LogP contribution in [0.1, 0.15) is 49.1 Å². The van der Waals surface area contributed by atoms with E-state index in [2.05, 4.69) is 15.5 Å². The molecule has 0 saturated heterocycles. The van der Waals surface area contributed by atoms with Crippen molar-refractivity contribution in [1.82, 2.24) is 10.2 Å². The lowest BCUT2D eigenvalue weighted by atomic mass is 9.50. The van der Waals surface area contributed by atoms with Gasteiger partial charge in [0, 0.05) is 11.5 Å². The molecule has 0 atom stereocenters. The number of carbonyl (C=O) groups is 1. The Labute approximate surface area is 157 Å². The van der Waals surface area contributed by atoms with Crippen molar-refractivity contribution in [2.75, 3.05) is 5.32 Å². The average Bonchev–Trinajstić information content (AvgIpc) is 3.09. The van der Waals surface area contributed by atoms with Crippen LogP contribution in [0.25, 0.3) is 6.08 Å². The second-order valence-electron chi connectivity index (χ2n) is 8.34. The van der Waals surface area contributed by atoms with Crippen LogP contribution in [-0.2, 0) is 10.2 Å². The van der Waals surface area contributed by atoms with E-state index in [1.165, 1.54) is 38.5 Å². The summed E-state index contributed by atoms with van der Waals surface area (Å²) < 4.78 is 0. The number of carbonyl (C=O) groups excluding carboxylic acids is 1. The molecule has 4 saturated carbocycles. The van der Waals surface area contributed by atoms with Gasteiger partial charge in [-0.1, -0.05) is 41.7 Å². The van der Waals surface area contributed by atoms with E-state index in [-0.39, 0.29) is 11.3 Å². The molecule has 5 heteroatoms. The van der Waals surface area contributed by atoms with Gasteiger partial charge in [0.2, 0.25) is 11.0 Å². The van der Waals surface area contributed by atoms with Crippen molar-refractivity contribution in [2.45, 2.75) is 43.9 Å². The summed E-state index contributed by atoms with van der Waals surface area (Å²) in [6.45, 7) is 0. The van der Waals surface area contributed by atoms with Crippen molar-refractivity contribution in [3.05, 3.63) is 47.0 Å². The summed E-state index contributed by atoms with van der Waals surface area (Å²) in [5.41, 5.74) is 1.25. The van der Waals surface area contributed by atoms with E-state index in [0.717, 1.165) is 28.3 Å². The third kappa shape index (κ3) is 2.98. The summed E-state index contributed by atoms with van der Waals surface area (Å²) in [6, 6.07) is 9.82. The second-order valence-corrected chi connectivity index (χ2v) is 9.32. The molecule has 6 rings (SSSR count). The van der Waals surface area contributed by atoms with Crippen LogP contribution in [0.2, 0.25) is 0 Å². The fourth-order valence-electron chi connectivity index (χ4n) is 5.74. The number of hydrogen-bond acceptors (Lipinski definition) is 4. The van der Waals surface area contributed by atoms with E-state index in [4.69, 9.17) is 0 Å². The Kier molecular flexibility index (Phi) is 3.92. The first-order valence-electron chi connectivity index (χ1n) is 9.57. The first kappa shape index (κ1) is 16.2. The molecule has 1 N–H and O–H groups in total. The molecule has 134 valence electrons. The fourth-order valence-corrected chi connectivity index (χ4v) is 6.71. The quantitative estimate of drug-likeness (QED) is 0.802. The average molecular weight is 366 g/mol. The van der Waals surface area contributed by atoms with Gasteiger partial charge in [0.05, 0.1) is 0 Å². The summed E-state index contributed by atoms with van der Waals surface area (Å²) in [5.74, 6) is 2.51. The lowest BCUT2D eigenvalue weighted by molar-refractivity contribution is -0.111. The number of aromatic nitrogens is 2. The van der Waals surface area contributed by atoms with E-state index in [1.54, 1.807) is 17.4 Å². The summed E-state index contributed by atoms with van der Waals surface area (Å²) in [5, 5.41) is 13.4. The van der Waals surface area contributed by atoms with Crippen LogP contribution >= 0.6 is 11.3 Å². The highest BCUT2D eigenvalue weighted by Crippen LogP contribution is 2.61. The van der Waals surface area contributed by atoms with E-state index >= 15 is 0 Å². The van der Waals surface area contributed by atoms with Gasteiger partial charge < -0.3 is 0 Å². The maximum Gasteiger partial charge on any atom is 0.250 e. The van der Waals surface area contributed by atoms with Crippen molar-refractivity contribution in [1.29, 1.82) is 0 Å². The minimum absolute atomic E-state index is 0.151. The molecule has 4 bridgehead atoms. The summed E-state index contributed by atoms with van der Waals surface area (Å²) in [4.78, 5) is 12.2. The van der Waals surface area contributed by atoms with Crippen molar-refractivity contribution in [3.63, 3.8) is 0 Å². The van der Waals surface area contributed by atoms with Crippen LogP contribution in [-0.4, -0.2) is 16.1 Å². The van der Waals surface area contributed by atoms with Gasteiger partial charge in [-0.05, 0) is 67.9 Å². The van der Waals surface area contributed by atoms with Gasteiger partial charge in [0.25, 0.3) is 0 Å². The zero-order valence-corrected chi connectivity index (χ0v) is 15.5. The van der Waals surface area contributed by atoms with E-state index in [9.17, 15) is 4.79 Å². The molecule has 1 heterocycles. The topological polar surface area (TPSA) is 54.9 Å². The van der Waals surface area contributed by atoms with Gasteiger partial charge >= 0.3 is 0 Å². The summed E-state index contributed by atoms with van der Waals surface area (Å²) >= 11 is 1.58. The maximum absolute atomic E-state index is 12.2. The fraction of sp³-hybridized carbons (Fsp3) is 0.476. The van der Waals surface area contributed by atoms with Gasteiger partial charge in [-0.25, -0.2) is 0 Å². The van der Waals surface area contributed by atoms with Crippen LogP contribution in [0.15, 0.2) is 36.4 Å². The SMILES string of the molecule is O=C(/C=C\c1ccccc1)Nc1nnc(C23CC4CC(CC(C4)C2)C3)s1. The molecular formula is C21H23N3OS. The lowest BCUT2D eigenvalue weighted by Gasteiger charge is -2.55. The van der Waals surface area contributed by atoms with Crippen molar-refractivity contribution in [3.8, 4) is 0 Å². The standard InChI is InChI=1S/C21H23N3OS/c25-18(7-6-14-4-2-1-3-5-14)22-20-24-23-19(26-20)21-11-15-8-16(12-21)10-17(9-15)13-21/h1-7,15-17H,8-13H2,(H,22,24,25)/b7-6-. The number of nitrogens with one attached hydrogen (secondary N) is 1. The Morgan fingerprint density at radius 3 is 2.35 bits per heavy atom. The minimum atomic E-state index is -0.151. The number of hydrogen-bond donors (Lipinski definition) is 1.